The molecule has 31 heavy (non-hydrogen) atoms. The molecule has 0 spiro atoms. The second kappa shape index (κ2) is 8.60. The largest absolute Gasteiger partial charge is 0.335 e. The maximum absolute atomic E-state index is 13.0. The van der Waals surface area contributed by atoms with Crippen LogP contribution in [0.25, 0.3) is 0 Å². The van der Waals surface area contributed by atoms with Crippen LogP contribution in [-0.2, 0) is 19.6 Å². The molecule has 0 saturated carbocycles. The van der Waals surface area contributed by atoms with E-state index in [0.29, 0.717) is 11.4 Å². The zero-order valence-electron chi connectivity index (χ0n) is 17.3. The van der Waals surface area contributed by atoms with Crippen molar-refractivity contribution in [3.8, 4) is 0 Å². The van der Waals surface area contributed by atoms with E-state index in [0.717, 1.165) is 5.56 Å². The van der Waals surface area contributed by atoms with Crippen molar-refractivity contribution < 1.29 is 18.0 Å². The van der Waals surface area contributed by atoms with Gasteiger partial charge in [-0.3, -0.25) is 9.59 Å². The molecule has 4 rings (SSSR count). The van der Waals surface area contributed by atoms with Crippen LogP contribution in [0.2, 0.25) is 0 Å². The Labute approximate surface area is 181 Å². The summed E-state index contributed by atoms with van der Waals surface area (Å²) in [6.07, 6.45) is 0.490. The Bertz CT molecular complexity index is 1110. The van der Waals surface area contributed by atoms with Crippen molar-refractivity contribution in [2.24, 2.45) is 5.10 Å². The van der Waals surface area contributed by atoms with Crippen LogP contribution in [0.5, 0.6) is 0 Å². The first kappa shape index (κ1) is 21.2. The molecule has 8 nitrogen and oxygen atoms in total. The predicted molar refractivity (Wildman–Crippen MR) is 117 cm³/mol. The van der Waals surface area contributed by atoms with E-state index in [1.54, 1.807) is 41.3 Å². The van der Waals surface area contributed by atoms with E-state index in [1.807, 2.05) is 25.1 Å². The normalized spacial score (nSPS) is 18.1. The number of amides is 2. The van der Waals surface area contributed by atoms with E-state index < -0.39 is 10.0 Å². The number of hydrogen-bond acceptors (Lipinski definition) is 5. The van der Waals surface area contributed by atoms with Crippen molar-refractivity contribution in [3.05, 3.63) is 60.2 Å². The quantitative estimate of drug-likeness (QED) is 0.727. The van der Waals surface area contributed by atoms with Gasteiger partial charge in [0, 0.05) is 39.0 Å². The molecule has 1 saturated heterocycles. The third kappa shape index (κ3) is 4.38. The van der Waals surface area contributed by atoms with E-state index in [4.69, 9.17) is 0 Å². The molecule has 162 valence electrons. The SMILES string of the molecule is Cc1ccc(S(=O)(=O)N2CCN(C(=O)C3=NN(c4ccccc4)C(=O)CC3)CC2)cc1. The standard InChI is InChI=1S/C22H24N4O4S/c1-17-7-9-19(10-8-17)31(29,30)25-15-13-24(14-16-25)22(28)20-11-12-21(27)26(23-20)18-5-3-2-4-6-18/h2-10H,11-16H2,1H3. The number of anilines is 1. The fraction of sp³-hybridized carbons (Fsp3) is 0.318. The van der Waals surface area contributed by atoms with Gasteiger partial charge >= 0.3 is 0 Å². The van der Waals surface area contributed by atoms with E-state index >= 15 is 0 Å². The summed E-state index contributed by atoms with van der Waals surface area (Å²) in [6, 6.07) is 15.7. The number of benzene rings is 2. The van der Waals surface area contributed by atoms with Gasteiger partial charge in [0.25, 0.3) is 5.91 Å². The Hall–Kier alpha value is -3.04. The lowest BCUT2D eigenvalue weighted by Gasteiger charge is -2.35. The molecule has 2 amide bonds. The zero-order chi connectivity index (χ0) is 22.0. The van der Waals surface area contributed by atoms with Crippen LogP contribution < -0.4 is 5.01 Å². The number of nitrogens with zero attached hydrogens (tertiary/aromatic N) is 4. The van der Waals surface area contributed by atoms with Gasteiger partial charge in [0.15, 0.2) is 0 Å². The fourth-order valence-electron chi connectivity index (χ4n) is 3.65. The molecule has 2 aliphatic rings. The van der Waals surface area contributed by atoms with Gasteiger partial charge in [0.05, 0.1) is 10.6 Å². The molecule has 0 radical (unpaired) electrons. The van der Waals surface area contributed by atoms with E-state index in [-0.39, 0.29) is 55.7 Å². The molecule has 0 bridgehead atoms. The number of hydrogen-bond donors (Lipinski definition) is 0. The van der Waals surface area contributed by atoms with Gasteiger partial charge in [-0.2, -0.15) is 9.41 Å². The van der Waals surface area contributed by atoms with Crippen LogP contribution >= 0.6 is 0 Å². The molecule has 2 aromatic rings. The summed E-state index contributed by atoms with van der Waals surface area (Å²) < 4.78 is 27.1. The Morgan fingerprint density at radius 2 is 1.55 bits per heavy atom. The molecule has 2 aliphatic heterocycles. The molecule has 0 N–H and O–H groups in total. The first-order valence-corrected chi connectivity index (χ1v) is 11.6. The highest BCUT2D eigenvalue weighted by molar-refractivity contribution is 7.89. The number of carbonyl (C=O) groups excluding carboxylic acids is 2. The van der Waals surface area contributed by atoms with Crippen LogP contribution in [0.3, 0.4) is 0 Å². The summed E-state index contributed by atoms with van der Waals surface area (Å²) in [4.78, 5) is 27.1. The summed E-state index contributed by atoms with van der Waals surface area (Å²) in [5, 5.41) is 5.58. The van der Waals surface area contributed by atoms with Crippen molar-refractivity contribution in [1.29, 1.82) is 0 Å². The number of piperazine rings is 1. The van der Waals surface area contributed by atoms with E-state index in [2.05, 4.69) is 5.10 Å². The van der Waals surface area contributed by atoms with Crippen LogP contribution in [0.4, 0.5) is 5.69 Å². The topological polar surface area (TPSA) is 90.4 Å². The Morgan fingerprint density at radius 3 is 2.19 bits per heavy atom. The van der Waals surface area contributed by atoms with E-state index in [1.165, 1.54) is 9.31 Å². The van der Waals surface area contributed by atoms with Crippen molar-refractivity contribution >= 4 is 33.2 Å². The minimum absolute atomic E-state index is 0.156. The van der Waals surface area contributed by atoms with Gasteiger partial charge in [-0.15, -0.1) is 0 Å². The average molecular weight is 441 g/mol. The van der Waals surface area contributed by atoms with E-state index in [9.17, 15) is 18.0 Å². The lowest BCUT2D eigenvalue weighted by molar-refractivity contribution is -0.125. The minimum atomic E-state index is -3.59. The highest BCUT2D eigenvalue weighted by atomic mass is 32.2. The van der Waals surface area contributed by atoms with Gasteiger partial charge in [-0.1, -0.05) is 35.9 Å². The molecule has 0 unspecified atom stereocenters. The number of hydrazone groups is 1. The molecular formula is C22H24N4O4S. The van der Waals surface area contributed by atoms with Gasteiger partial charge < -0.3 is 4.90 Å². The first-order valence-electron chi connectivity index (χ1n) is 10.2. The second-order valence-corrected chi connectivity index (χ2v) is 9.54. The van der Waals surface area contributed by atoms with Gasteiger partial charge in [0.2, 0.25) is 15.9 Å². The third-order valence-corrected chi connectivity index (χ3v) is 7.38. The summed E-state index contributed by atoms with van der Waals surface area (Å²) in [5.41, 5.74) is 1.93. The highest BCUT2D eigenvalue weighted by Gasteiger charge is 2.33. The van der Waals surface area contributed by atoms with Crippen molar-refractivity contribution in [2.75, 3.05) is 31.2 Å². The Kier molecular flexibility index (Phi) is 5.88. The molecular weight excluding hydrogens is 416 g/mol. The smallest absolute Gasteiger partial charge is 0.270 e. The second-order valence-electron chi connectivity index (χ2n) is 7.60. The highest BCUT2D eigenvalue weighted by Crippen LogP contribution is 2.22. The van der Waals surface area contributed by atoms with Gasteiger partial charge in [-0.05, 0) is 31.2 Å². The van der Waals surface area contributed by atoms with Crippen molar-refractivity contribution in [3.63, 3.8) is 0 Å². The van der Waals surface area contributed by atoms with Crippen LogP contribution in [-0.4, -0.2) is 61.3 Å². The lowest BCUT2D eigenvalue weighted by atomic mass is 10.1. The fourth-order valence-corrected chi connectivity index (χ4v) is 5.07. The molecule has 2 aromatic carbocycles. The number of para-hydroxylation sites is 1. The average Bonchev–Trinajstić information content (AvgIpc) is 2.80. The molecule has 2 heterocycles. The van der Waals surface area contributed by atoms with Crippen LogP contribution in [0.1, 0.15) is 18.4 Å². The Morgan fingerprint density at radius 1 is 0.903 bits per heavy atom. The molecule has 0 atom stereocenters. The van der Waals surface area contributed by atoms with Gasteiger partial charge in [-0.25, -0.2) is 13.4 Å². The molecule has 0 aromatic heterocycles. The maximum Gasteiger partial charge on any atom is 0.270 e. The third-order valence-electron chi connectivity index (χ3n) is 5.46. The number of rotatable bonds is 4. The number of sulfonamides is 1. The lowest BCUT2D eigenvalue weighted by Crippen LogP contribution is -2.52. The molecule has 9 heteroatoms. The first-order chi connectivity index (χ1) is 14.9. The molecule has 1 fully saturated rings. The van der Waals surface area contributed by atoms with Crippen LogP contribution in [0, 0.1) is 6.92 Å². The molecule has 0 aliphatic carbocycles. The van der Waals surface area contributed by atoms with Crippen molar-refractivity contribution in [2.45, 2.75) is 24.7 Å². The van der Waals surface area contributed by atoms with Crippen LogP contribution in [0.15, 0.2) is 64.6 Å². The predicted octanol–water partition coefficient (Wildman–Crippen LogP) is 2.01. The maximum atomic E-state index is 13.0. The van der Waals surface area contributed by atoms with Crippen molar-refractivity contribution in [1.82, 2.24) is 9.21 Å². The van der Waals surface area contributed by atoms with Gasteiger partial charge in [0.1, 0.15) is 5.71 Å². The summed E-state index contributed by atoms with van der Waals surface area (Å²) in [6.45, 7) is 2.90. The summed E-state index contributed by atoms with van der Waals surface area (Å²) in [7, 11) is -3.59. The zero-order valence-corrected chi connectivity index (χ0v) is 18.1. The number of carbonyl (C=O) groups is 2. The Balaban J connectivity index is 1.44. The minimum Gasteiger partial charge on any atom is -0.335 e. The monoisotopic (exact) mass is 440 g/mol. The number of aryl methyl sites for hydroxylation is 1. The summed E-state index contributed by atoms with van der Waals surface area (Å²) in [5.74, 6) is -0.405. The summed E-state index contributed by atoms with van der Waals surface area (Å²) >= 11 is 0.